The van der Waals surface area contributed by atoms with Crippen LogP contribution >= 0.6 is 0 Å². The molecule has 0 saturated heterocycles. The number of nitrogens with one attached hydrogen (secondary N) is 1. The lowest BCUT2D eigenvalue weighted by atomic mass is 10.0. The van der Waals surface area contributed by atoms with Gasteiger partial charge in [-0.25, -0.2) is 0 Å². The maximum Gasteiger partial charge on any atom is 0.149 e. The maximum absolute atomic E-state index is 4.47. The normalized spacial score (nSPS) is 22.3. The van der Waals surface area contributed by atoms with Gasteiger partial charge in [0.05, 0.1) is 6.04 Å². The fraction of sp³-hybridized carbons (Fsp3) is 0.882. The average molecular weight is 290 g/mol. The monoisotopic (exact) mass is 290 g/mol. The van der Waals surface area contributed by atoms with Crippen molar-refractivity contribution in [1.82, 2.24) is 20.1 Å². The highest BCUT2D eigenvalue weighted by molar-refractivity contribution is 5.02. The molecular weight excluding hydrogens is 260 g/mol. The quantitative estimate of drug-likeness (QED) is 0.861. The Labute approximate surface area is 128 Å². The van der Waals surface area contributed by atoms with Crippen molar-refractivity contribution >= 4 is 0 Å². The Morgan fingerprint density at radius 2 is 1.81 bits per heavy atom. The molecule has 0 spiro atoms. The molecule has 21 heavy (non-hydrogen) atoms. The van der Waals surface area contributed by atoms with Crippen LogP contribution in [0.15, 0.2) is 0 Å². The van der Waals surface area contributed by atoms with Crippen molar-refractivity contribution < 1.29 is 0 Å². The predicted molar refractivity (Wildman–Crippen MR) is 85.2 cm³/mol. The van der Waals surface area contributed by atoms with Crippen LogP contribution in [0.3, 0.4) is 0 Å². The van der Waals surface area contributed by atoms with Crippen LogP contribution in [0, 0.1) is 5.92 Å². The van der Waals surface area contributed by atoms with Crippen molar-refractivity contribution in [3.8, 4) is 0 Å². The topological polar surface area (TPSA) is 42.7 Å². The number of aromatic nitrogens is 3. The van der Waals surface area contributed by atoms with Crippen LogP contribution in [-0.2, 0) is 13.0 Å². The number of aryl methyl sites for hydroxylation is 1. The first kappa shape index (κ1) is 15.0. The molecule has 1 aromatic rings. The van der Waals surface area contributed by atoms with Gasteiger partial charge in [-0.05, 0) is 45.1 Å². The molecule has 1 atom stereocenters. The van der Waals surface area contributed by atoms with Gasteiger partial charge < -0.3 is 9.88 Å². The molecule has 1 aromatic heterocycles. The summed E-state index contributed by atoms with van der Waals surface area (Å²) < 4.78 is 2.37. The van der Waals surface area contributed by atoms with Gasteiger partial charge in [-0.2, -0.15) is 0 Å². The van der Waals surface area contributed by atoms with Crippen molar-refractivity contribution in [3.05, 3.63) is 11.6 Å². The fourth-order valence-corrected chi connectivity index (χ4v) is 3.83. The molecule has 1 saturated carbocycles. The van der Waals surface area contributed by atoms with E-state index in [0.29, 0.717) is 6.04 Å². The summed E-state index contributed by atoms with van der Waals surface area (Å²) in [6.07, 6.45) is 13.5. The highest BCUT2D eigenvalue weighted by Crippen LogP contribution is 2.23. The molecule has 3 rings (SSSR count). The Kier molecular flexibility index (Phi) is 5.28. The molecule has 1 fully saturated rings. The smallest absolute Gasteiger partial charge is 0.149 e. The zero-order chi connectivity index (χ0) is 14.5. The third-order valence-corrected chi connectivity index (χ3v) is 5.21. The molecule has 2 heterocycles. The van der Waals surface area contributed by atoms with Crippen LogP contribution in [0.5, 0.6) is 0 Å². The number of hydrogen-bond donors (Lipinski definition) is 1. The minimum absolute atomic E-state index is 0.326. The number of nitrogens with zero attached hydrogens (tertiary/aromatic N) is 3. The van der Waals surface area contributed by atoms with Gasteiger partial charge in [0, 0.05) is 13.0 Å². The van der Waals surface area contributed by atoms with E-state index in [2.05, 4.69) is 27.0 Å². The van der Waals surface area contributed by atoms with Gasteiger partial charge in [0.2, 0.25) is 0 Å². The molecule has 1 aliphatic heterocycles. The molecule has 0 radical (unpaired) electrons. The van der Waals surface area contributed by atoms with E-state index in [1.807, 2.05) is 0 Å². The first-order chi connectivity index (χ1) is 10.3. The van der Waals surface area contributed by atoms with Crippen molar-refractivity contribution in [2.24, 2.45) is 5.92 Å². The molecule has 1 aliphatic carbocycles. The highest BCUT2D eigenvalue weighted by Gasteiger charge is 2.20. The molecule has 4 heteroatoms. The lowest BCUT2D eigenvalue weighted by Crippen LogP contribution is -2.28. The molecule has 4 nitrogen and oxygen atoms in total. The summed E-state index contributed by atoms with van der Waals surface area (Å²) in [6.45, 7) is 4.50. The van der Waals surface area contributed by atoms with E-state index < -0.39 is 0 Å². The summed E-state index contributed by atoms with van der Waals surface area (Å²) in [5.41, 5.74) is 0. The van der Waals surface area contributed by atoms with E-state index >= 15 is 0 Å². The Balaban J connectivity index is 1.57. The number of fused-ring (bicyclic) bond motifs is 1. The van der Waals surface area contributed by atoms with Gasteiger partial charge in [-0.3, -0.25) is 0 Å². The lowest BCUT2D eigenvalue weighted by Gasteiger charge is -2.19. The molecule has 0 amide bonds. The Morgan fingerprint density at radius 1 is 1.05 bits per heavy atom. The molecule has 1 N–H and O–H groups in total. The van der Waals surface area contributed by atoms with Gasteiger partial charge >= 0.3 is 0 Å². The molecule has 118 valence electrons. The van der Waals surface area contributed by atoms with E-state index in [1.54, 1.807) is 0 Å². The van der Waals surface area contributed by atoms with E-state index in [-0.39, 0.29) is 0 Å². The number of rotatable bonds is 4. The summed E-state index contributed by atoms with van der Waals surface area (Å²) in [5.74, 6) is 3.22. The standard InChI is InChI=1S/C17H30N4/c1-14(18-13-15-9-5-2-3-6-10-15)17-20-19-16-11-7-4-8-12-21(16)17/h14-15,18H,2-13H2,1H3. The van der Waals surface area contributed by atoms with E-state index in [4.69, 9.17) is 0 Å². The maximum atomic E-state index is 4.47. The summed E-state index contributed by atoms with van der Waals surface area (Å²) in [4.78, 5) is 0. The van der Waals surface area contributed by atoms with E-state index in [0.717, 1.165) is 31.3 Å². The highest BCUT2D eigenvalue weighted by atomic mass is 15.3. The minimum atomic E-state index is 0.326. The van der Waals surface area contributed by atoms with Crippen LogP contribution in [0.2, 0.25) is 0 Å². The molecule has 1 unspecified atom stereocenters. The van der Waals surface area contributed by atoms with E-state index in [9.17, 15) is 0 Å². The first-order valence-electron chi connectivity index (χ1n) is 9.00. The van der Waals surface area contributed by atoms with Gasteiger partial charge in [0.15, 0.2) is 0 Å². The largest absolute Gasteiger partial charge is 0.314 e. The predicted octanol–water partition coefficient (Wildman–Crippen LogP) is 3.63. The van der Waals surface area contributed by atoms with Crippen LogP contribution in [0.25, 0.3) is 0 Å². The SMILES string of the molecule is CC(NCC1CCCCCC1)c1nnc2n1CCCCC2. The van der Waals surface area contributed by atoms with Crippen molar-refractivity contribution in [3.63, 3.8) is 0 Å². The van der Waals surface area contributed by atoms with Crippen LogP contribution in [-0.4, -0.2) is 21.3 Å². The summed E-state index contributed by atoms with van der Waals surface area (Å²) in [5, 5.41) is 12.6. The zero-order valence-electron chi connectivity index (χ0n) is 13.5. The second-order valence-corrected chi connectivity index (χ2v) is 6.92. The summed E-state index contributed by atoms with van der Waals surface area (Å²) in [6, 6.07) is 0.326. The molecular formula is C17H30N4. The second kappa shape index (κ2) is 7.39. The minimum Gasteiger partial charge on any atom is -0.314 e. The van der Waals surface area contributed by atoms with Crippen molar-refractivity contribution in [2.75, 3.05) is 6.54 Å². The first-order valence-corrected chi connectivity index (χ1v) is 9.00. The van der Waals surface area contributed by atoms with Gasteiger partial charge in [-0.1, -0.05) is 32.1 Å². The summed E-state index contributed by atoms with van der Waals surface area (Å²) >= 11 is 0. The third kappa shape index (κ3) is 3.85. The van der Waals surface area contributed by atoms with E-state index in [1.165, 1.54) is 63.6 Å². The average Bonchev–Trinajstić information content (AvgIpc) is 2.71. The van der Waals surface area contributed by atoms with Crippen molar-refractivity contribution in [2.45, 2.75) is 83.7 Å². The third-order valence-electron chi connectivity index (χ3n) is 5.21. The van der Waals surface area contributed by atoms with Gasteiger partial charge in [0.1, 0.15) is 11.6 Å². The Hall–Kier alpha value is -0.900. The molecule has 0 aromatic carbocycles. The van der Waals surface area contributed by atoms with Crippen molar-refractivity contribution in [1.29, 1.82) is 0 Å². The van der Waals surface area contributed by atoms with Gasteiger partial charge in [-0.15, -0.1) is 10.2 Å². The van der Waals surface area contributed by atoms with Crippen LogP contribution < -0.4 is 5.32 Å². The van der Waals surface area contributed by atoms with Crippen LogP contribution in [0.1, 0.15) is 82.4 Å². The Morgan fingerprint density at radius 3 is 2.62 bits per heavy atom. The Bertz CT molecular complexity index is 432. The number of hydrogen-bond acceptors (Lipinski definition) is 3. The second-order valence-electron chi connectivity index (χ2n) is 6.92. The fourth-order valence-electron chi connectivity index (χ4n) is 3.83. The molecule has 0 bridgehead atoms. The van der Waals surface area contributed by atoms with Gasteiger partial charge in [0.25, 0.3) is 0 Å². The lowest BCUT2D eigenvalue weighted by molar-refractivity contribution is 0.391. The molecule has 2 aliphatic rings. The zero-order valence-corrected chi connectivity index (χ0v) is 13.5. The van der Waals surface area contributed by atoms with Crippen LogP contribution in [0.4, 0.5) is 0 Å². The summed E-state index contributed by atoms with van der Waals surface area (Å²) in [7, 11) is 0.